The Morgan fingerprint density at radius 3 is 2.70 bits per heavy atom. The predicted octanol–water partition coefficient (Wildman–Crippen LogP) is 3.30. The monoisotopic (exact) mass is 602 g/mol. The minimum atomic E-state index is -0.494. The molecule has 2 fully saturated rings. The molecule has 4 heterocycles. The standard InChI is InChI=1S/C28H27BrN8O3/c1-30-22-14-20(13-18-3-2-6-31-25(18)22)37-27-21(26(29)34-37)15-32-23(33-27)12-17-4-5-19(11-17)28(40)36-9-7-35(8-10-36)24(39)16-38/h2-3,6,13-15,17,19,38H,4-5,7-12,16H2/t17-,19-/m1/s1. The Labute approximate surface area is 238 Å². The highest BCUT2D eigenvalue weighted by Crippen LogP contribution is 2.35. The number of carbonyl (C=O) groups is 2. The van der Waals surface area contributed by atoms with Crippen LogP contribution in [0.25, 0.3) is 32.5 Å². The van der Waals surface area contributed by atoms with Crippen molar-refractivity contribution in [3.63, 3.8) is 0 Å². The fraction of sp³-hybridized carbons (Fsp3) is 0.393. The average molecular weight is 603 g/mol. The first kappa shape index (κ1) is 26.3. The Balaban J connectivity index is 1.18. The van der Waals surface area contributed by atoms with Gasteiger partial charge in [0.05, 0.1) is 23.2 Å². The number of hydrogen-bond acceptors (Lipinski definition) is 7. The van der Waals surface area contributed by atoms with Crippen molar-refractivity contribution in [2.24, 2.45) is 11.8 Å². The molecular weight excluding hydrogens is 576 g/mol. The summed E-state index contributed by atoms with van der Waals surface area (Å²) in [7, 11) is 0. The van der Waals surface area contributed by atoms with E-state index >= 15 is 0 Å². The van der Waals surface area contributed by atoms with Gasteiger partial charge in [0.2, 0.25) is 17.5 Å². The van der Waals surface area contributed by atoms with Crippen LogP contribution in [0.3, 0.4) is 0 Å². The van der Waals surface area contributed by atoms with E-state index in [4.69, 9.17) is 16.7 Å². The van der Waals surface area contributed by atoms with Crippen molar-refractivity contribution in [1.82, 2.24) is 34.5 Å². The SMILES string of the molecule is [C-]#[N+]c1cc(-n2nc(Br)c3cnc(C[C@@H]4CC[C@@H](C(=O)N5CCN(C(=O)CO)CC5)C4)nc32)cc2cccnc12. The summed E-state index contributed by atoms with van der Waals surface area (Å²) >= 11 is 3.53. The van der Waals surface area contributed by atoms with Crippen molar-refractivity contribution in [2.75, 3.05) is 32.8 Å². The number of carbonyl (C=O) groups excluding carboxylic acids is 2. The lowest BCUT2D eigenvalue weighted by Crippen LogP contribution is -2.52. The van der Waals surface area contributed by atoms with Gasteiger partial charge in [-0.25, -0.2) is 19.5 Å². The highest BCUT2D eigenvalue weighted by atomic mass is 79.9. The Morgan fingerprint density at radius 1 is 1.12 bits per heavy atom. The summed E-state index contributed by atoms with van der Waals surface area (Å²) in [6.07, 6.45) is 6.65. The second-order valence-electron chi connectivity index (χ2n) is 10.3. The Hall–Kier alpha value is -3.95. The van der Waals surface area contributed by atoms with Gasteiger partial charge in [0, 0.05) is 50.9 Å². The summed E-state index contributed by atoms with van der Waals surface area (Å²) < 4.78 is 2.35. The molecule has 3 aromatic heterocycles. The van der Waals surface area contributed by atoms with Gasteiger partial charge in [-0.3, -0.25) is 14.6 Å². The van der Waals surface area contributed by atoms with Crippen LogP contribution in [0.1, 0.15) is 25.1 Å². The number of pyridine rings is 1. The van der Waals surface area contributed by atoms with E-state index in [9.17, 15) is 9.59 Å². The number of aliphatic hydroxyl groups is 1. The number of aliphatic hydroxyl groups excluding tert-OH is 1. The number of rotatable bonds is 5. The Kier molecular flexibility index (Phi) is 7.16. The molecule has 2 atom stereocenters. The molecule has 1 aliphatic heterocycles. The number of piperazine rings is 1. The summed E-state index contributed by atoms with van der Waals surface area (Å²) in [4.78, 5) is 45.9. The minimum Gasteiger partial charge on any atom is -0.387 e. The number of fused-ring (bicyclic) bond motifs is 2. The third-order valence-electron chi connectivity index (χ3n) is 7.90. The van der Waals surface area contributed by atoms with Gasteiger partial charge in [0.15, 0.2) is 5.65 Å². The molecule has 1 saturated heterocycles. The van der Waals surface area contributed by atoms with E-state index in [0.29, 0.717) is 65.8 Å². The molecule has 1 aliphatic carbocycles. The van der Waals surface area contributed by atoms with Gasteiger partial charge in [-0.2, -0.15) is 5.10 Å². The summed E-state index contributed by atoms with van der Waals surface area (Å²) in [5.41, 5.74) is 2.47. The van der Waals surface area contributed by atoms with E-state index in [1.54, 1.807) is 28.0 Å². The second-order valence-corrected chi connectivity index (χ2v) is 11.1. The first-order valence-electron chi connectivity index (χ1n) is 13.3. The molecular formula is C28H27BrN8O3. The van der Waals surface area contributed by atoms with Crippen LogP contribution in [-0.2, 0) is 16.0 Å². The van der Waals surface area contributed by atoms with Crippen molar-refractivity contribution in [1.29, 1.82) is 0 Å². The highest BCUT2D eigenvalue weighted by molar-refractivity contribution is 9.10. The molecule has 40 heavy (non-hydrogen) atoms. The van der Waals surface area contributed by atoms with Crippen LogP contribution in [-0.4, -0.2) is 84.2 Å². The van der Waals surface area contributed by atoms with Gasteiger partial charge in [-0.05, 0) is 64.7 Å². The molecule has 0 radical (unpaired) electrons. The topological polar surface area (TPSA) is 122 Å². The van der Waals surface area contributed by atoms with E-state index in [2.05, 4.69) is 35.8 Å². The van der Waals surface area contributed by atoms with Crippen LogP contribution in [0.15, 0.2) is 41.3 Å². The summed E-state index contributed by atoms with van der Waals surface area (Å²) in [5.74, 6) is 0.820. The largest absolute Gasteiger partial charge is 0.387 e. The van der Waals surface area contributed by atoms with Crippen molar-refractivity contribution >= 4 is 55.4 Å². The van der Waals surface area contributed by atoms with Gasteiger partial charge in [0.25, 0.3) is 0 Å². The van der Waals surface area contributed by atoms with E-state index < -0.39 is 6.61 Å². The van der Waals surface area contributed by atoms with Gasteiger partial charge in [-0.15, -0.1) is 0 Å². The molecule has 204 valence electrons. The first-order valence-corrected chi connectivity index (χ1v) is 14.1. The Morgan fingerprint density at radius 2 is 1.93 bits per heavy atom. The van der Waals surface area contributed by atoms with Crippen LogP contribution in [0.2, 0.25) is 0 Å². The number of hydrogen-bond donors (Lipinski definition) is 1. The van der Waals surface area contributed by atoms with Crippen LogP contribution >= 0.6 is 15.9 Å². The molecule has 2 aliphatic rings. The quantitative estimate of drug-likeness (QED) is 0.348. The molecule has 1 N–H and O–H groups in total. The Bertz CT molecular complexity index is 1660. The molecule has 0 spiro atoms. The summed E-state index contributed by atoms with van der Waals surface area (Å²) in [5, 5.41) is 15.3. The van der Waals surface area contributed by atoms with E-state index in [0.717, 1.165) is 35.7 Å². The maximum absolute atomic E-state index is 13.2. The van der Waals surface area contributed by atoms with E-state index in [1.165, 1.54) is 0 Å². The number of amides is 2. The molecule has 1 saturated carbocycles. The maximum Gasteiger partial charge on any atom is 0.248 e. The molecule has 11 nitrogen and oxygen atoms in total. The van der Waals surface area contributed by atoms with Crippen LogP contribution in [0.5, 0.6) is 0 Å². The zero-order valence-electron chi connectivity index (χ0n) is 21.7. The lowest BCUT2D eigenvalue weighted by molar-refractivity contribution is -0.143. The molecule has 4 aromatic rings. The number of benzene rings is 1. The maximum atomic E-state index is 13.2. The van der Waals surface area contributed by atoms with Gasteiger partial charge in [0.1, 0.15) is 17.0 Å². The van der Waals surface area contributed by atoms with E-state index in [1.807, 2.05) is 23.1 Å². The van der Waals surface area contributed by atoms with Crippen LogP contribution in [0, 0.1) is 18.4 Å². The van der Waals surface area contributed by atoms with Crippen LogP contribution < -0.4 is 0 Å². The molecule has 1 aromatic carbocycles. The average Bonchev–Trinajstić information content (AvgIpc) is 3.59. The minimum absolute atomic E-state index is 0.0354. The van der Waals surface area contributed by atoms with Crippen LogP contribution in [0.4, 0.5) is 5.69 Å². The van der Waals surface area contributed by atoms with Gasteiger partial charge < -0.3 is 14.9 Å². The van der Waals surface area contributed by atoms with Gasteiger partial charge in [-0.1, -0.05) is 6.07 Å². The molecule has 12 heteroatoms. The normalized spacial score (nSPS) is 19.3. The van der Waals surface area contributed by atoms with Crippen molar-refractivity contribution in [3.8, 4) is 5.69 Å². The molecule has 0 bridgehead atoms. The van der Waals surface area contributed by atoms with Gasteiger partial charge >= 0.3 is 0 Å². The number of aromatic nitrogens is 5. The lowest BCUT2D eigenvalue weighted by Gasteiger charge is -2.35. The summed E-state index contributed by atoms with van der Waals surface area (Å²) in [6, 6.07) is 7.49. The third-order valence-corrected chi connectivity index (χ3v) is 8.49. The zero-order valence-corrected chi connectivity index (χ0v) is 23.3. The number of halogens is 1. The second kappa shape index (κ2) is 10.9. The molecule has 6 rings (SSSR count). The third kappa shape index (κ3) is 4.91. The highest BCUT2D eigenvalue weighted by Gasteiger charge is 2.34. The first-order chi connectivity index (χ1) is 19.4. The van der Waals surface area contributed by atoms with Crippen molar-refractivity contribution in [3.05, 3.63) is 58.5 Å². The predicted molar refractivity (Wildman–Crippen MR) is 151 cm³/mol. The molecule has 2 amide bonds. The fourth-order valence-electron chi connectivity index (χ4n) is 5.82. The van der Waals surface area contributed by atoms with Crippen molar-refractivity contribution in [2.45, 2.75) is 25.7 Å². The zero-order chi connectivity index (χ0) is 27.8. The lowest BCUT2D eigenvalue weighted by atomic mass is 10.00. The van der Waals surface area contributed by atoms with Crippen molar-refractivity contribution < 1.29 is 14.7 Å². The summed E-state index contributed by atoms with van der Waals surface area (Å²) in [6.45, 7) is 9.06. The fourth-order valence-corrected chi connectivity index (χ4v) is 6.26. The number of nitrogens with zero attached hydrogens (tertiary/aromatic N) is 8. The molecule has 0 unspecified atom stereocenters. The van der Waals surface area contributed by atoms with E-state index in [-0.39, 0.29) is 17.7 Å². The smallest absolute Gasteiger partial charge is 0.248 e.